The summed E-state index contributed by atoms with van der Waals surface area (Å²) in [4.78, 5) is 2.45. The Hall–Kier alpha value is -3.24. The van der Waals surface area contributed by atoms with Crippen molar-refractivity contribution in [3.8, 4) is 22.8 Å². The lowest BCUT2D eigenvalue weighted by Crippen LogP contribution is -2.20. The summed E-state index contributed by atoms with van der Waals surface area (Å²) >= 11 is 0. The highest BCUT2D eigenvalue weighted by Crippen LogP contribution is 2.41. The van der Waals surface area contributed by atoms with Gasteiger partial charge in [-0.25, -0.2) is 0 Å². The van der Waals surface area contributed by atoms with E-state index in [2.05, 4.69) is 96.2 Å². The highest BCUT2D eigenvalue weighted by Gasteiger charge is 2.23. The van der Waals surface area contributed by atoms with E-state index in [0.717, 1.165) is 37.5 Å². The summed E-state index contributed by atoms with van der Waals surface area (Å²) in [6, 6.07) is 25.9. The van der Waals surface area contributed by atoms with Crippen LogP contribution in [0.3, 0.4) is 0 Å². The second-order valence-corrected chi connectivity index (χ2v) is 10.2. The van der Waals surface area contributed by atoms with Gasteiger partial charge in [-0.1, -0.05) is 55.8 Å². The van der Waals surface area contributed by atoms with E-state index in [0.29, 0.717) is 6.61 Å². The van der Waals surface area contributed by atoms with Gasteiger partial charge >= 0.3 is 0 Å². The van der Waals surface area contributed by atoms with E-state index in [4.69, 9.17) is 9.47 Å². The molecule has 0 aliphatic carbocycles. The fourth-order valence-corrected chi connectivity index (χ4v) is 5.42. The van der Waals surface area contributed by atoms with Crippen LogP contribution in [-0.2, 0) is 13.0 Å². The lowest BCUT2D eigenvalue weighted by molar-refractivity contribution is 0.288. The Morgan fingerprint density at radius 1 is 0.865 bits per heavy atom. The Labute approximate surface area is 221 Å². The Morgan fingerprint density at radius 2 is 1.65 bits per heavy atom. The Bertz CT molecular complexity index is 1290. The SMILES string of the molecule is CCCCN(C)CCCCCOc1ccc(Cn2c3c(c4ccccc42)CCOc2ccccc2-3)cc1. The third-order valence-electron chi connectivity index (χ3n) is 7.44. The van der Waals surface area contributed by atoms with Gasteiger partial charge in [0, 0.05) is 29.4 Å². The van der Waals surface area contributed by atoms with Crippen LogP contribution in [0.15, 0.2) is 72.8 Å². The fraction of sp³-hybridized carbons (Fsp3) is 0.394. The molecule has 3 aromatic carbocycles. The molecule has 5 rings (SSSR count). The van der Waals surface area contributed by atoms with E-state index >= 15 is 0 Å². The van der Waals surface area contributed by atoms with Crippen molar-refractivity contribution in [3.05, 3.63) is 83.9 Å². The fourth-order valence-electron chi connectivity index (χ4n) is 5.42. The van der Waals surface area contributed by atoms with Crippen LogP contribution in [0.25, 0.3) is 22.2 Å². The van der Waals surface area contributed by atoms with Gasteiger partial charge < -0.3 is 18.9 Å². The molecule has 2 heterocycles. The number of aromatic nitrogens is 1. The van der Waals surface area contributed by atoms with Crippen LogP contribution in [0.5, 0.6) is 11.5 Å². The first-order chi connectivity index (χ1) is 18.2. The normalized spacial score (nSPS) is 12.7. The van der Waals surface area contributed by atoms with Crippen molar-refractivity contribution in [2.45, 2.75) is 52.0 Å². The van der Waals surface area contributed by atoms with E-state index < -0.39 is 0 Å². The molecular formula is C33H40N2O2. The molecule has 4 heteroatoms. The summed E-state index contributed by atoms with van der Waals surface area (Å²) in [6.45, 7) is 6.95. The second-order valence-electron chi connectivity index (χ2n) is 10.2. The molecule has 1 aromatic heterocycles. The van der Waals surface area contributed by atoms with E-state index in [-0.39, 0.29) is 0 Å². The molecular weight excluding hydrogens is 456 g/mol. The average Bonchev–Trinajstić information content (AvgIpc) is 3.10. The number of nitrogens with zero attached hydrogens (tertiary/aromatic N) is 2. The van der Waals surface area contributed by atoms with Crippen LogP contribution in [-0.4, -0.2) is 42.8 Å². The minimum atomic E-state index is 0.708. The maximum atomic E-state index is 6.12. The summed E-state index contributed by atoms with van der Waals surface area (Å²) in [5, 5.41) is 1.33. The van der Waals surface area contributed by atoms with Crippen molar-refractivity contribution >= 4 is 10.9 Å². The molecule has 0 amide bonds. The van der Waals surface area contributed by atoms with Gasteiger partial charge in [-0.2, -0.15) is 0 Å². The van der Waals surface area contributed by atoms with Crippen LogP contribution in [0.4, 0.5) is 0 Å². The molecule has 0 N–H and O–H groups in total. The van der Waals surface area contributed by atoms with Crippen LogP contribution < -0.4 is 9.47 Å². The van der Waals surface area contributed by atoms with Gasteiger partial charge in [0.25, 0.3) is 0 Å². The van der Waals surface area contributed by atoms with Crippen LogP contribution in [0, 0.1) is 0 Å². The van der Waals surface area contributed by atoms with Crippen molar-refractivity contribution in [2.75, 3.05) is 33.4 Å². The number of benzene rings is 3. The van der Waals surface area contributed by atoms with Crippen molar-refractivity contribution in [1.82, 2.24) is 9.47 Å². The van der Waals surface area contributed by atoms with Gasteiger partial charge in [0.15, 0.2) is 0 Å². The molecule has 0 saturated heterocycles. The molecule has 4 aromatic rings. The predicted molar refractivity (Wildman–Crippen MR) is 154 cm³/mol. The highest BCUT2D eigenvalue weighted by atomic mass is 16.5. The largest absolute Gasteiger partial charge is 0.494 e. The first kappa shape index (κ1) is 25.4. The van der Waals surface area contributed by atoms with Gasteiger partial charge in [0.2, 0.25) is 0 Å². The zero-order valence-corrected chi connectivity index (χ0v) is 22.4. The first-order valence-corrected chi connectivity index (χ1v) is 14.0. The number of unbranched alkanes of at least 4 members (excludes halogenated alkanes) is 3. The third-order valence-corrected chi connectivity index (χ3v) is 7.44. The summed E-state index contributed by atoms with van der Waals surface area (Å²) in [6.07, 6.45) is 7.04. The average molecular weight is 497 g/mol. The molecule has 37 heavy (non-hydrogen) atoms. The molecule has 0 saturated carbocycles. The number of rotatable bonds is 12. The van der Waals surface area contributed by atoms with Crippen LogP contribution >= 0.6 is 0 Å². The number of hydrogen-bond acceptors (Lipinski definition) is 3. The van der Waals surface area contributed by atoms with Gasteiger partial charge in [-0.05, 0) is 87.3 Å². The number of para-hydroxylation sites is 2. The van der Waals surface area contributed by atoms with Crippen molar-refractivity contribution in [1.29, 1.82) is 0 Å². The van der Waals surface area contributed by atoms with E-state index in [1.54, 1.807) is 0 Å². The van der Waals surface area contributed by atoms with Crippen molar-refractivity contribution in [2.24, 2.45) is 0 Å². The topological polar surface area (TPSA) is 26.6 Å². The van der Waals surface area contributed by atoms with Gasteiger partial charge in [0.05, 0.1) is 18.9 Å². The lowest BCUT2D eigenvalue weighted by atomic mass is 10.0. The predicted octanol–water partition coefficient (Wildman–Crippen LogP) is 7.57. The smallest absolute Gasteiger partial charge is 0.128 e. The minimum Gasteiger partial charge on any atom is -0.494 e. The second kappa shape index (κ2) is 12.3. The summed E-state index contributed by atoms with van der Waals surface area (Å²) in [7, 11) is 2.23. The number of fused-ring (bicyclic) bond motifs is 5. The molecule has 0 radical (unpaired) electrons. The zero-order chi connectivity index (χ0) is 25.5. The molecule has 0 fully saturated rings. The first-order valence-electron chi connectivity index (χ1n) is 14.0. The Kier molecular flexibility index (Phi) is 8.47. The molecule has 0 unspecified atom stereocenters. The summed E-state index contributed by atoms with van der Waals surface area (Å²) in [5.74, 6) is 1.93. The van der Waals surface area contributed by atoms with Gasteiger partial charge in [-0.3, -0.25) is 0 Å². The van der Waals surface area contributed by atoms with Gasteiger partial charge in [-0.15, -0.1) is 0 Å². The maximum Gasteiger partial charge on any atom is 0.128 e. The van der Waals surface area contributed by atoms with Gasteiger partial charge in [0.1, 0.15) is 11.5 Å². The quantitative estimate of drug-likeness (QED) is 0.189. The van der Waals surface area contributed by atoms with E-state index in [9.17, 15) is 0 Å². The molecule has 0 spiro atoms. The number of ether oxygens (including phenoxy) is 2. The standard InChI is InChI=1S/C33H40N2O2/c1-3-4-21-34(2)22-10-5-11-23-36-27-18-16-26(17-19-27)25-35-31-14-8-6-12-28(31)29-20-24-37-32-15-9-7-13-30(32)33(29)35/h6-9,12-19H,3-5,10-11,20-25H2,1-2H3. The summed E-state index contributed by atoms with van der Waals surface area (Å²) < 4.78 is 14.6. The zero-order valence-electron chi connectivity index (χ0n) is 22.4. The molecule has 194 valence electrons. The lowest BCUT2D eigenvalue weighted by Gasteiger charge is -2.15. The minimum absolute atomic E-state index is 0.708. The third kappa shape index (κ3) is 6.02. The molecule has 0 atom stereocenters. The van der Waals surface area contributed by atoms with E-state index in [1.165, 1.54) is 72.1 Å². The number of hydrogen-bond donors (Lipinski definition) is 0. The Morgan fingerprint density at radius 3 is 2.51 bits per heavy atom. The summed E-state index contributed by atoms with van der Waals surface area (Å²) in [5.41, 5.74) is 6.41. The Balaban J connectivity index is 1.24. The van der Waals surface area contributed by atoms with Crippen molar-refractivity contribution < 1.29 is 9.47 Å². The van der Waals surface area contributed by atoms with E-state index in [1.807, 2.05) is 0 Å². The highest BCUT2D eigenvalue weighted by molar-refractivity contribution is 5.93. The molecule has 0 bridgehead atoms. The van der Waals surface area contributed by atoms with Crippen LogP contribution in [0.2, 0.25) is 0 Å². The molecule has 4 nitrogen and oxygen atoms in total. The van der Waals surface area contributed by atoms with Crippen molar-refractivity contribution in [3.63, 3.8) is 0 Å². The molecule has 1 aliphatic rings. The van der Waals surface area contributed by atoms with Crippen LogP contribution in [0.1, 0.15) is 50.2 Å². The monoisotopic (exact) mass is 496 g/mol. The maximum absolute atomic E-state index is 6.12. The molecule has 1 aliphatic heterocycles.